The molecule has 2 heterocycles. The SMILES string of the molecule is COc1c(C)ncnc1N1CCC(S(C)(=O)=O)CC1. The van der Waals surface area contributed by atoms with Crippen molar-refractivity contribution in [3.63, 3.8) is 0 Å². The first kappa shape index (κ1) is 14.0. The Bertz CT molecular complexity index is 551. The highest BCUT2D eigenvalue weighted by Gasteiger charge is 2.28. The number of sulfone groups is 1. The second kappa shape index (κ2) is 5.32. The van der Waals surface area contributed by atoms with Crippen LogP contribution in [0.5, 0.6) is 5.75 Å². The van der Waals surface area contributed by atoms with E-state index in [1.54, 1.807) is 7.11 Å². The third-order valence-corrected chi connectivity index (χ3v) is 5.20. The number of aromatic nitrogens is 2. The maximum atomic E-state index is 11.5. The molecular weight excluding hydrogens is 266 g/mol. The molecule has 0 spiro atoms. The molecule has 1 aliphatic heterocycles. The molecule has 1 saturated heterocycles. The van der Waals surface area contributed by atoms with Crippen molar-refractivity contribution in [3.8, 4) is 5.75 Å². The average Bonchev–Trinajstić information content (AvgIpc) is 2.37. The van der Waals surface area contributed by atoms with Crippen molar-refractivity contribution < 1.29 is 13.2 Å². The van der Waals surface area contributed by atoms with Crippen molar-refractivity contribution in [2.24, 2.45) is 0 Å². The van der Waals surface area contributed by atoms with E-state index in [1.807, 2.05) is 6.92 Å². The van der Waals surface area contributed by atoms with Gasteiger partial charge in [0.05, 0.1) is 18.1 Å². The Hall–Kier alpha value is -1.37. The van der Waals surface area contributed by atoms with Crippen LogP contribution in [0.3, 0.4) is 0 Å². The summed E-state index contributed by atoms with van der Waals surface area (Å²) in [6.07, 6.45) is 4.08. The molecule has 0 aliphatic carbocycles. The van der Waals surface area contributed by atoms with Gasteiger partial charge in [-0.05, 0) is 19.8 Å². The van der Waals surface area contributed by atoms with Crippen LogP contribution in [0.2, 0.25) is 0 Å². The summed E-state index contributed by atoms with van der Waals surface area (Å²) >= 11 is 0. The van der Waals surface area contributed by atoms with Gasteiger partial charge in [-0.15, -0.1) is 0 Å². The van der Waals surface area contributed by atoms with Gasteiger partial charge in [-0.25, -0.2) is 18.4 Å². The lowest BCUT2D eigenvalue weighted by Gasteiger charge is -2.32. The summed E-state index contributed by atoms with van der Waals surface area (Å²) < 4.78 is 28.4. The molecule has 2 rings (SSSR count). The van der Waals surface area contributed by atoms with Crippen molar-refractivity contribution in [1.29, 1.82) is 0 Å². The van der Waals surface area contributed by atoms with Crippen LogP contribution in [-0.2, 0) is 9.84 Å². The summed E-state index contributed by atoms with van der Waals surface area (Å²) in [6, 6.07) is 0. The molecule has 1 aromatic rings. The molecule has 0 amide bonds. The van der Waals surface area contributed by atoms with E-state index in [1.165, 1.54) is 12.6 Å². The van der Waals surface area contributed by atoms with Crippen molar-refractivity contribution in [2.75, 3.05) is 31.4 Å². The summed E-state index contributed by atoms with van der Waals surface area (Å²) in [5.41, 5.74) is 0.790. The maximum Gasteiger partial charge on any atom is 0.182 e. The zero-order valence-electron chi connectivity index (χ0n) is 11.5. The largest absolute Gasteiger partial charge is 0.491 e. The van der Waals surface area contributed by atoms with E-state index in [0.717, 1.165) is 11.5 Å². The first-order valence-corrected chi connectivity index (χ1v) is 8.18. The Morgan fingerprint density at radius 1 is 1.32 bits per heavy atom. The van der Waals surface area contributed by atoms with E-state index < -0.39 is 9.84 Å². The minimum absolute atomic E-state index is 0.238. The summed E-state index contributed by atoms with van der Waals surface area (Å²) in [4.78, 5) is 10.4. The van der Waals surface area contributed by atoms with E-state index in [2.05, 4.69) is 14.9 Å². The Kier molecular flexibility index (Phi) is 3.93. The minimum atomic E-state index is -2.95. The van der Waals surface area contributed by atoms with Crippen LogP contribution >= 0.6 is 0 Å². The predicted octanol–water partition coefficient (Wildman–Crippen LogP) is 0.807. The fourth-order valence-electron chi connectivity index (χ4n) is 2.41. The van der Waals surface area contributed by atoms with Crippen molar-refractivity contribution in [1.82, 2.24) is 9.97 Å². The summed E-state index contributed by atoms with van der Waals surface area (Å²) in [5.74, 6) is 1.42. The van der Waals surface area contributed by atoms with Crippen LogP contribution in [-0.4, -0.2) is 50.1 Å². The lowest BCUT2D eigenvalue weighted by Crippen LogP contribution is -2.39. The Morgan fingerprint density at radius 3 is 2.47 bits per heavy atom. The molecule has 0 unspecified atom stereocenters. The summed E-state index contributed by atoms with van der Waals surface area (Å²) in [6.45, 7) is 3.21. The average molecular weight is 285 g/mol. The standard InChI is InChI=1S/C12H19N3O3S/c1-9-11(18-2)12(14-8-13-9)15-6-4-10(5-7-15)19(3,16)17/h8,10H,4-7H2,1-3H3. The van der Waals surface area contributed by atoms with Gasteiger partial charge >= 0.3 is 0 Å². The highest BCUT2D eigenvalue weighted by molar-refractivity contribution is 7.91. The number of ether oxygens (including phenoxy) is 1. The number of aryl methyl sites for hydroxylation is 1. The number of nitrogens with zero attached hydrogens (tertiary/aromatic N) is 3. The third kappa shape index (κ3) is 2.97. The van der Waals surface area contributed by atoms with Gasteiger partial charge in [-0.3, -0.25) is 0 Å². The van der Waals surface area contributed by atoms with Crippen LogP contribution in [0.4, 0.5) is 5.82 Å². The topological polar surface area (TPSA) is 72.4 Å². The zero-order chi connectivity index (χ0) is 14.0. The van der Waals surface area contributed by atoms with Crippen molar-refractivity contribution in [2.45, 2.75) is 25.0 Å². The van der Waals surface area contributed by atoms with E-state index in [-0.39, 0.29) is 5.25 Å². The molecule has 0 aromatic carbocycles. The monoisotopic (exact) mass is 285 g/mol. The number of anilines is 1. The van der Waals surface area contributed by atoms with Gasteiger partial charge in [0, 0.05) is 19.3 Å². The Balaban J connectivity index is 2.16. The quantitative estimate of drug-likeness (QED) is 0.818. The number of hydrogen-bond donors (Lipinski definition) is 0. The van der Waals surface area contributed by atoms with Gasteiger partial charge in [0.25, 0.3) is 0 Å². The molecule has 0 saturated carbocycles. The van der Waals surface area contributed by atoms with E-state index in [4.69, 9.17) is 4.74 Å². The lowest BCUT2D eigenvalue weighted by molar-refractivity contribution is 0.404. The van der Waals surface area contributed by atoms with E-state index in [0.29, 0.717) is 31.7 Å². The summed E-state index contributed by atoms with van der Waals surface area (Å²) in [7, 11) is -1.35. The lowest BCUT2D eigenvalue weighted by atomic mass is 10.1. The van der Waals surface area contributed by atoms with Crippen LogP contribution in [0.1, 0.15) is 18.5 Å². The number of methoxy groups -OCH3 is 1. The van der Waals surface area contributed by atoms with Gasteiger partial charge in [-0.2, -0.15) is 0 Å². The number of hydrogen-bond acceptors (Lipinski definition) is 6. The van der Waals surface area contributed by atoms with Gasteiger partial charge < -0.3 is 9.64 Å². The molecule has 1 fully saturated rings. The second-order valence-corrected chi connectivity index (χ2v) is 7.16. The van der Waals surface area contributed by atoms with Crippen LogP contribution < -0.4 is 9.64 Å². The summed E-state index contributed by atoms with van der Waals surface area (Å²) in [5, 5.41) is -0.238. The highest BCUT2D eigenvalue weighted by Crippen LogP contribution is 2.30. The van der Waals surface area contributed by atoms with Crippen molar-refractivity contribution >= 4 is 15.7 Å². The first-order valence-electron chi connectivity index (χ1n) is 6.23. The second-order valence-electron chi connectivity index (χ2n) is 4.83. The molecule has 19 heavy (non-hydrogen) atoms. The smallest absolute Gasteiger partial charge is 0.182 e. The third-order valence-electron chi connectivity index (χ3n) is 3.51. The minimum Gasteiger partial charge on any atom is -0.491 e. The van der Waals surface area contributed by atoms with Gasteiger partial charge in [0.1, 0.15) is 16.2 Å². The molecule has 0 bridgehead atoms. The molecule has 0 atom stereocenters. The molecule has 7 heteroatoms. The first-order chi connectivity index (χ1) is 8.93. The molecule has 106 valence electrons. The molecule has 1 aliphatic rings. The fourth-order valence-corrected chi connectivity index (χ4v) is 3.48. The number of piperidine rings is 1. The molecule has 0 radical (unpaired) electrons. The molecular formula is C12H19N3O3S. The van der Waals surface area contributed by atoms with Crippen LogP contribution in [0.25, 0.3) is 0 Å². The normalized spacial score (nSPS) is 17.5. The van der Waals surface area contributed by atoms with E-state index in [9.17, 15) is 8.42 Å². The van der Waals surface area contributed by atoms with Gasteiger partial charge in [-0.1, -0.05) is 0 Å². The molecule has 0 N–H and O–H groups in total. The van der Waals surface area contributed by atoms with Gasteiger partial charge in [0.2, 0.25) is 0 Å². The number of rotatable bonds is 3. The highest BCUT2D eigenvalue weighted by atomic mass is 32.2. The van der Waals surface area contributed by atoms with Crippen molar-refractivity contribution in [3.05, 3.63) is 12.0 Å². The molecule has 1 aromatic heterocycles. The fraction of sp³-hybridized carbons (Fsp3) is 0.667. The Labute approximate surface area is 113 Å². The zero-order valence-corrected chi connectivity index (χ0v) is 12.3. The van der Waals surface area contributed by atoms with Gasteiger partial charge in [0.15, 0.2) is 11.6 Å². The van der Waals surface area contributed by atoms with Crippen LogP contribution in [0.15, 0.2) is 6.33 Å². The molecule has 6 nitrogen and oxygen atoms in total. The predicted molar refractivity (Wildman–Crippen MR) is 73.4 cm³/mol. The van der Waals surface area contributed by atoms with Crippen LogP contribution in [0, 0.1) is 6.92 Å². The maximum absolute atomic E-state index is 11.5. The Morgan fingerprint density at radius 2 is 1.95 bits per heavy atom. The van der Waals surface area contributed by atoms with E-state index >= 15 is 0 Å².